The molecule has 0 bridgehead atoms. The van der Waals surface area contributed by atoms with Gasteiger partial charge in [-0.3, -0.25) is 14.8 Å². The Morgan fingerprint density at radius 2 is 1.88 bits per heavy atom. The Balaban J connectivity index is 2.38. The number of nitrogens with one attached hydrogen (secondary N) is 2. The molecule has 1 unspecified atom stereocenters. The van der Waals surface area contributed by atoms with E-state index in [4.69, 9.17) is 4.99 Å². The minimum atomic E-state index is 0.606. The second-order valence-corrected chi connectivity index (χ2v) is 7.35. The smallest absolute Gasteiger partial charge is 0.191 e. The molecule has 5 heteroatoms. The maximum absolute atomic E-state index is 4.82. The van der Waals surface area contributed by atoms with E-state index in [1.54, 1.807) is 0 Å². The zero-order valence-corrected chi connectivity index (χ0v) is 16.9. The van der Waals surface area contributed by atoms with Crippen LogP contribution in [-0.2, 0) is 0 Å². The fourth-order valence-corrected chi connectivity index (χ4v) is 3.64. The lowest BCUT2D eigenvalue weighted by atomic mass is 10.2. The van der Waals surface area contributed by atoms with Gasteiger partial charge in [-0.1, -0.05) is 6.92 Å². The molecule has 1 fully saturated rings. The van der Waals surface area contributed by atoms with Crippen LogP contribution < -0.4 is 10.6 Å². The summed E-state index contributed by atoms with van der Waals surface area (Å²) in [5.74, 6) is 0.973. The van der Waals surface area contributed by atoms with Crippen LogP contribution in [0.15, 0.2) is 4.99 Å². The van der Waals surface area contributed by atoms with E-state index >= 15 is 0 Å². The highest BCUT2D eigenvalue weighted by Crippen LogP contribution is 2.16. The maximum Gasteiger partial charge on any atom is 0.191 e. The molecule has 0 saturated carbocycles. The SMILES string of the molecule is CCNC(=NCC1CCCN1CC)NCCCN(C(C)C)C(C)C. The van der Waals surface area contributed by atoms with Crippen molar-refractivity contribution in [1.82, 2.24) is 20.4 Å². The topological polar surface area (TPSA) is 42.9 Å². The lowest BCUT2D eigenvalue weighted by Crippen LogP contribution is -2.42. The first kappa shape index (κ1) is 21.2. The molecule has 0 aromatic rings. The van der Waals surface area contributed by atoms with Crippen LogP contribution >= 0.6 is 0 Å². The largest absolute Gasteiger partial charge is 0.357 e. The molecule has 1 rings (SSSR count). The van der Waals surface area contributed by atoms with E-state index in [9.17, 15) is 0 Å². The van der Waals surface area contributed by atoms with Crippen LogP contribution in [0.5, 0.6) is 0 Å². The second-order valence-electron chi connectivity index (χ2n) is 7.35. The maximum atomic E-state index is 4.82. The van der Waals surface area contributed by atoms with Crippen molar-refractivity contribution >= 4 is 5.96 Å². The molecule has 1 atom stereocenters. The normalized spacial score (nSPS) is 19.7. The zero-order valence-electron chi connectivity index (χ0n) is 16.9. The van der Waals surface area contributed by atoms with Gasteiger partial charge in [0, 0.05) is 37.8 Å². The van der Waals surface area contributed by atoms with E-state index in [1.165, 1.54) is 19.4 Å². The molecular formula is C19H41N5. The average Bonchev–Trinajstić information content (AvgIpc) is 2.98. The zero-order chi connectivity index (χ0) is 17.9. The third kappa shape index (κ3) is 7.39. The summed E-state index contributed by atoms with van der Waals surface area (Å²) < 4.78 is 0. The van der Waals surface area contributed by atoms with Crippen molar-refractivity contribution in [2.75, 3.05) is 39.3 Å². The highest BCUT2D eigenvalue weighted by molar-refractivity contribution is 5.79. The molecule has 1 saturated heterocycles. The molecule has 0 aliphatic carbocycles. The average molecular weight is 340 g/mol. The number of nitrogens with zero attached hydrogens (tertiary/aromatic N) is 3. The molecular weight excluding hydrogens is 298 g/mol. The fraction of sp³-hybridized carbons (Fsp3) is 0.947. The van der Waals surface area contributed by atoms with Crippen molar-refractivity contribution < 1.29 is 0 Å². The van der Waals surface area contributed by atoms with Crippen LogP contribution in [0.3, 0.4) is 0 Å². The van der Waals surface area contributed by atoms with Crippen LogP contribution in [0.4, 0.5) is 0 Å². The van der Waals surface area contributed by atoms with E-state index in [2.05, 4.69) is 62.0 Å². The summed E-state index contributed by atoms with van der Waals surface area (Å²) in [6, 6.07) is 1.84. The Labute approximate surface area is 150 Å². The van der Waals surface area contributed by atoms with Crippen LogP contribution in [-0.4, -0.2) is 73.2 Å². The molecule has 0 spiro atoms. The van der Waals surface area contributed by atoms with Crippen molar-refractivity contribution in [3.63, 3.8) is 0 Å². The van der Waals surface area contributed by atoms with Crippen LogP contribution in [0.25, 0.3) is 0 Å². The summed E-state index contributed by atoms with van der Waals surface area (Å²) in [6.07, 6.45) is 3.75. The van der Waals surface area contributed by atoms with E-state index in [1.807, 2.05) is 0 Å². The van der Waals surface area contributed by atoms with Gasteiger partial charge in [0.15, 0.2) is 5.96 Å². The first-order chi connectivity index (χ1) is 11.5. The molecule has 5 nitrogen and oxygen atoms in total. The Morgan fingerprint density at radius 3 is 2.46 bits per heavy atom. The van der Waals surface area contributed by atoms with E-state index < -0.39 is 0 Å². The van der Waals surface area contributed by atoms with E-state index in [0.717, 1.165) is 45.1 Å². The van der Waals surface area contributed by atoms with E-state index in [0.29, 0.717) is 18.1 Å². The Bertz CT molecular complexity index is 346. The van der Waals surface area contributed by atoms with Gasteiger partial charge in [0.05, 0.1) is 6.54 Å². The summed E-state index contributed by atoms with van der Waals surface area (Å²) >= 11 is 0. The highest BCUT2D eigenvalue weighted by atomic mass is 15.2. The molecule has 2 N–H and O–H groups in total. The van der Waals surface area contributed by atoms with Crippen LogP contribution in [0.2, 0.25) is 0 Å². The van der Waals surface area contributed by atoms with Crippen molar-refractivity contribution in [2.24, 2.45) is 4.99 Å². The number of guanidine groups is 1. The highest BCUT2D eigenvalue weighted by Gasteiger charge is 2.22. The van der Waals surface area contributed by atoms with Gasteiger partial charge in [0.2, 0.25) is 0 Å². The Kier molecular flexibility index (Phi) is 10.3. The van der Waals surface area contributed by atoms with Gasteiger partial charge in [0.25, 0.3) is 0 Å². The van der Waals surface area contributed by atoms with Crippen LogP contribution in [0, 0.1) is 0 Å². The lowest BCUT2D eigenvalue weighted by Gasteiger charge is -2.30. The predicted octanol–water partition coefficient (Wildman–Crippen LogP) is 2.53. The molecule has 1 heterocycles. The first-order valence-corrected chi connectivity index (χ1v) is 10.0. The minimum Gasteiger partial charge on any atom is -0.357 e. The summed E-state index contributed by atoms with van der Waals surface area (Å²) in [6.45, 7) is 19.8. The van der Waals surface area contributed by atoms with Gasteiger partial charge in [-0.25, -0.2) is 0 Å². The molecule has 1 aliphatic rings. The molecule has 24 heavy (non-hydrogen) atoms. The third-order valence-electron chi connectivity index (χ3n) is 4.92. The van der Waals surface area contributed by atoms with Crippen LogP contribution in [0.1, 0.15) is 60.8 Å². The minimum absolute atomic E-state index is 0.606. The molecule has 0 amide bonds. The lowest BCUT2D eigenvalue weighted by molar-refractivity contribution is 0.173. The number of rotatable bonds is 10. The molecule has 142 valence electrons. The van der Waals surface area contributed by atoms with Gasteiger partial charge in [-0.15, -0.1) is 0 Å². The van der Waals surface area contributed by atoms with Gasteiger partial charge in [-0.2, -0.15) is 0 Å². The number of likely N-dealkylation sites (tertiary alicyclic amines) is 1. The van der Waals surface area contributed by atoms with Crippen molar-refractivity contribution in [2.45, 2.75) is 78.9 Å². The standard InChI is InChI=1S/C19H41N5/c1-7-20-19(22-15-18-11-9-13-23(18)8-2)21-12-10-14-24(16(3)4)17(5)6/h16-18H,7-15H2,1-6H3,(H2,20,21,22). The third-order valence-corrected chi connectivity index (χ3v) is 4.92. The fourth-order valence-electron chi connectivity index (χ4n) is 3.64. The number of likely N-dealkylation sites (N-methyl/N-ethyl adjacent to an activating group) is 1. The van der Waals surface area contributed by atoms with Crippen molar-refractivity contribution in [3.8, 4) is 0 Å². The monoisotopic (exact) mass is 339 g/mol. The molecule has 0 aromatic carbocycles. The summed E-state index contributed by atoms with van der Waals surface area (Å²) in [7, 11) is 0. The van der Waals surface area contributed by atoms with E-state index in [-0.39, 0.29) is 0 Å². The summed E-state index contributed by atoms with van der Waals surface area (Å²) in [5, 5.41) is 6.88. The van der Waals surface area contributed by atoms with Crippen molar-refractivity contribution in [1.29, 1.82) is 0 Å². The predicted molar refractivity (Wildman–Crippen MR) is 106 cm³/mol. The molecule has 1 aliphatic heterocycles. The Morgan fingerprint density at radius 1 is 1.17 bits per heavy atom. The number of aliphatic imine (C=N–C) groups is 1. The second kappa shape index (κ2) is 11.7. The first-order valence-electron chi connectivity index (χ1n) is 10.0. The van der Waals surface area contributed by atoms with Gasteiger partial charge in [-0.05, 0) is 67.0 Å². The van der Waals surface area contributed by atoms with Gasteiger partial charge in [0.1, 0.15) is 0 Å². The quantitative estimate of drug-likeness (QED) is 0.365. The number of hydrogen-bond acceptors (Lipinski definition) is 3. The summed E-state index contributed by atoms with van der Waals surface area (Å²) in [5.41, 5.74) is 0. The summed E-state index contributed by atoms with van der Waals surface area (Å²) in [4.78, 5) is 9.92. The Hall–Kier alpha value is -0.810. The molecule has 0 radical (unpaired) electrons. The van der Waals surface area contributed by atoms with Gasteiger partial charge >= 0.3 is 0 Å². The molecule has 0 aromatic heterocycles. The van der Waals surface area contributed by atoms with Crippen molar-refractivity contribution in [3.05, 3.63) is 0 Å². The van der Waals surface area contributed by atoms with Gasteiger partial charge < -0.3 is 10.6 Å². The number of hydrogen-bond donors (Lipinski definition) is 2.